The standard InChI is InChI=1S/C23H25N3O5S/c1-2-30-18-10-7-6-9-16(18)22(29)25-13-21(28)31-14-20(27)26-23-17(12-24)15-8-4-3-5-11-19(15)32-23/h6-7,9-10H,2-5,8,11,13-14H2,1H3,(H,25,29)(H,26,27). The minimum Gasteiger partial charge on any atom is -0.493 e. The fourth-order valence-corrected chi connectivity index (χ4v) is 4.75. The molecule has 2 N–H and O–H groups in total. The summed E-state index contributed by atoms with van der Waals surface area (Å²) in [5, 5.41) is 15.2. The Balaban J connectivity index is 1.49. The molecule has 32 heavy (non-hydrogen) atoms. The Morgan fingerprint density at radius 2 is 1.94 bits per heavy atom. The topological polar surface area (TPSA) is 118 Å². The zero-order valence-electron chi connectivity index (χ0n) is 17.9. The lowest BCUT2D eigenvalue weighted by Crippen LogP contribution is -2.32. The summed E-state index contributed by atoms with van der Waals surface area (Å²) in [5.41, 5.74) is 1.84. The van der Waals surface area contributed by atoms with Crippen LogP contribution in [0.4, 0.5) is 5.00 Å². The van der Waals surface area contributed by atoms with Gasteiger partial charge in [-0.1, -0.05) is 18.6 Å². The van der Waals surface area contributed by atoms with Gasteiger partial charge in [-0.3, -0.25) is 14.4 Å². The molecule has 0 unspecified atom stereocenters. The Morgan fingerprint density at radius 3 is 2.72 bits per heavy atom. The van der Waals surface area contributed by atoms with Crippen LogP contribution < -0.4 is 15.4 Å². The van der Waals surface area contributed by atoms with Gasteiger partial charge in [-0.2, -0.15) is 5.26 Å². The molecule has 9 heteroatoms. The van der Waals surface area contributed by atoms with Gasteiger partial charge in [0.05, 0.1) is 17.7 Å². The van der Waals surface area contributed by atoms with E-state index in [1.54, 1.807) is 24.3 Å². The van der Waals surface area contributed by atoms with Crippen molar-refractivity contribution in [2.24, 2.45) is 0 Å². The largest absolute Gasteiger partial charge is 0.493 e. The van der Waals surface area contributed by atoms with E-state index in [0.29, 0.717) is 28.5 Å². The lowest BCUT2D eigenvalue weighted by atomic mass is 10.1. The molecular formula is C23H25N3O5S. The monoisotopic (exact) mass is 455 g/mol. The van der Waals surface area contributed by atoms with Crippen molar-refractivity contribution in [1.29, 1.82) is 5.26 Å². The number of carbonyl (C=O) groups excluding carboxylic acids is 3. The predicted octanol–water partition coefficient (Wildman–Crippen LogP) is 3.20. The summed E-state index contributed by atoms with van der Waals surface area (Å²) in [5.74, 6) is -1.33. The number of carbonyl (C=O) groups is 3. The lowest BCUT2D eigenvalue weighted by molar-refractivity contribution is -0.146. The van der Waals surface area contributed by atoms with Crippen molar-refractivity contribution in [2.75, 3.05) is 25.1 Å². The Morgan fingerprint density at radius 1 is 1.16 bits per heavy atom. The quantitative estimate of drug-likeness (QED) is 0.466. The normalized spacial score (nSPS) is 12.6. The highest BCUT2D eigenvalue weighted by Crippen LogP contribution is 2.36. The summed E-state index contributed by atoms with van der Waals surface area (Å²) in [6, 6.07) is 8.90. The summed E-state index contributed by atoms with van der Waals surface area (Å²) in [4.78, 5) is 37.7. The molecule has 1 aliphatic carbocycles. The van der Waals surface area contributed by atoms with E-state index in [0.717, 1.165) is 42.5 Å². The van der Waals surface area contributed by atoms with E-state index >= 15 is 0 Å². The first kappa shape index (κ1) is 23.3. The van der Waals surface area contributed by atoms with Crippen molar-refractivity contribution in [3.8, 4) is 11.8 Å². The van der Waals surface area contributed by atoms with Gasteiger partial charge in [-0.15, -0.1) is 11.3 Å². The first-order chi connectivity index (χ1) is 15.5. The van der Waals surface area contributed by atoms with Crippen LogP contribution >= 0.6 is 11.3 Å². The van der Waals surface area contributed by atoms with Gasteiger partial charge in [-0.05, 0) is 50.3 Å². The van der Waals surface area contributed by atoms with Crippen LogP contribution in [0.15, 0.2) is 24.3 Å². The number of benzene rings is 1. The molecular weight excluding hydrogens is 430 g/mol. The second-order valence-electron chi connectivity index (χ2n) is 7.20. The van der Waals surface area contributed by atoms with E-state index in [1.165, 1.54) is 11.3 Å². The number of nitriles is 1. The Labute approximate surface area is 190 Å². The molecule has 0 saturated heterocycles. The zero-order valence-corrected chi connectivity index (χ0v) is 18.7. The van der Waals surface area contributed by atoms with Gasteiger partial charge in [-0.25, -0.2) is 0 Å². The predicted molar refractivity (Wildman–Crippen MR) is 120 cm³/mol. The number of nitrogens with one attached hydrogen (secondary N) is 2. The van der Waals surface area contributed by atoms with Crippen molar-refractivity contribution in [3.63, 3.8) is 0 Å². The smallest absolute Gasteiger partial charge is 0.325 e. The summed E-state index contributed by atoms with van der Waals surface area (Å²) >= 11 is 1.42. The van der Waals surface area contributed by atoms with Crippen molar-refractivity contribution < 1.29 is 23.9 Å². The number of para-hydroxylation sites is 1. The third-order valence-electron chi connectivity index (χ3n) is 4.98. The molecule has 0 fully saturated rings. The van der Waals surface area contributed by atoms with E-state index in [-0.39, 0.29) is 6.54 Å². The van der Waals surface area contributed by atoms with E-state index in [1.807, 2.05) is 6.92 Å². The molecule has 0 spiro atoms. The van der Waals surface area contributed by atoms with Crippen molar-refractivity contribution in [1.82, 2.24) is 5.32 Å². The number of esters is 1. The van der Waals surface area contributed by atoms with E-state index in [9.17, 15) is 19.6 Å². The number of thiophene rings is 1. The third kappa shape index (κ3) is 5.86. The molecule has 168 valence electrons. The Kier molecular flexibility index (Phi) is 8.22. The number of aryl methyl sites for hydroxylation is 1. The number of nitrogens with zero attached hydrogens (tertiary/aromatic N) is 1. The molecule has 1 heterocycles. The minimum atomic E-state index is -0.746. The Bertz CT molecular complexity index is 1040. The average Bonchev–Trinajstić information content (AvgIpc) is 2.95. The maximum absolute atomic E-state index is 12.3. The second-order valence-corrected chi connectivity index (χ2v) is 8.31. The Hall–Kier alpha value is -3.38. The summed E-state index contributed by atoms with van der Waals surface area (Å²) in [7, 11) is 0. The van der Waals surface area contributed by atoms with Crippen LogP contribution in [0.1, 0.15) is 52.5 Å². The van der Waals surface area contributed by atoms with Gasteiger partial charge in [0.1, 0.15) is 23.4 Å². The fourth-order valence-electron chi connectivity index (χ4n) is 3.49. The van der Waals surface area contributed by atoms with Gasteiger partial charge in [0.25, 0.3) is 11.8 Å². The maximum atomic E-state index is 12.3. The lowest BCUT2D eigenvalue weighted by Gasteiger charge is -2.10. The van der Waals surface area contributed by atoms with Crippen molar-refractivity contribution in [3.05, 3.63) is 45.8 Å². The number of anilines is 1. The van der Waals surface area contributed by atoms with Crippen LogP contribution in [-0.4, -0.2) is 37.5 Å². The molecule has 3 rings (SSSR count). The SMILES string of the molecule is CCOc1ccccc1C(=O)NCC(=O)OCC(=O)Nc1sc2c(c1C#N)CCCCC2. The number of hydrogen-bond donors (Lipinski definition) is 2. The summed E-state index contributed by atoms with van der Waals surface area (Å²) in [6.07, 6.45) is 4.99. The van der Waals surface area contributed by atoms with Gasteiger partial charge >= 0.3 is 5.97 Å². The summed E-state index contributed by atoms with van der Waals surface area (Å²) < 4.78 is 10.4. The van der Waals surface area contributed by atoms with Crippen LogP contribution in [-0.2, 0) is 27.2 Å². The molecule has 1 aromatic carbocycles. The number of hydrogen-bond acceptors (Lipinski definition) is 7. The highest BCUT2D eigenvalue weighted by Gasteiger charge is 2.21. The highest BCUT2D eigenvalue weighted by atomic mass is 32.1. The maximum Gasteiger partial charge on any atom is 0.325 e. The van der Waals surface area contributed by atoms with Crippen LogP contribution in [0, 0.1) is 11.3 Å². The third-order valence-corrected chi connectivity index (χ3v) is 6.18. The van der Waals surface area contributed by atoms with Gasteiger partial charge in [0.15, 0.2) is 6.61 Å². The molecule has 0 aliphatic heterocycles. The number of ether oxygens (including phenoxy) is 2. The molecule has 1 aliphatic rings. The molecule has 2 amide bonds. The number of rotatable bonds is 8. The average molecular weight is 456 g/mol. The first-order valence-electron chi connectivity index (χ1n) is 10.5. The van der Waals surface area contributed by atoms with E-state index in [4.69, 9.17) is 9.47 Å². The number of fused-ring (bicyclic) bond motifs is 1. The highest BCUT2D eigenvalue weighted by molar-refractivity contribution is 7.16. The second kappa shape index (κ2) is 11.3. The van der Waals surface area contributed by atoms with Crippen LogP contribution in [0.2, 0.25) is 0 Å². The van der Waals surface area contributed by atoms with Gasteiger partial charge < -0.3 is 20.1 Å². The van der Waals surface area contributed by atoms with E-state index in [2.05, 4.69) is 16.7 Å². The molecule has 1 aromatic heterocycles. The molecule has 2 aromatic rings. The number of amides is 2. The van der Waals surface area contributed by atoms with Gasteiger partial charge in [0, 0.05) is 4.88 Å². The van der Waals surface area contributed by atoms with Crippen molar-refractivity contribution >= 4 is 34.1 Å². The molecule has 0 atom stereocenters. The molecule has 0 bridgehead atoms. The van der Waals surface area contributed by atoms with E-state index < -0.39 is 24.4 Å². The molecule has 0 saturated carbocycles. The van der Waals surface area contributed by atoms with Crippen LogP contribution in [0.3, 0.4) is 0 Å². The fraction of sp³-hybridized carbons (Fsp3) is 0.391. The minimum absolute atomic E-state index is 0.307. The van der Waals surface area contributed by atoms with Crippen molar-refractivity contribution in [2.45, 2.75) is 39.0 Å². The van der Waals surface area contributed by atoms with Gasteiger partial charge in [0.2, 0.25) is 0 Å². The zero-order chi connectivity index (χ0) is 22.9. The molecule has 0 radical (unpaired) electrons. The summed E-state index contributed by atoms with van der Waals surface area (Å²) in [6.45, 7) is 1.33. The molecule has 8 nitrogen and oxygen atoms in total. The van der Waals surface area contributed by atoms with Crippen LogP contribution in [0.5, 0.6) is 5.75 Å². The van der Waals surface area contributed by atoms with Crippen LogP contribution in [0.25, 0.3) is 0 Å². The first-order valence-corrected chi connectivity index (χ1v) is 11.3.